The minimum atomic E-state index is 0. The number of phenolic OH excluding ortho intramolecular Hbond substituents is 2. The molecule has 6 nitrogen and oxygen atoms in total. The normalized spacial score (nSPS) is 14.6. The molecule has 1 fully saturated rings. The molecule has 1 aliphatic rings. The number of hydrogen-bond acceptors (Lipinski definition) is 4. The van der Waals surface area contributed by atoms with Crippen LogP contribution in [0.4, 0.5) is 0 Å². The van der Waals surface area contributed by atoms with Crippen molar-refractivity contribution in [1.29, 1.82) is 0 Å². The summed E-state index contributed by atoms with van der Waals surface area (Å²) in [6.45, 7) is 12.8. The molecule has 2 heterocycles. The number of fused-ring (bicyclic) bond motifs is 6. The number of phenols is 2. The Kier molecular flexibility index (Phi) is 15.4. The number of aromatic nitrogens is 2. The van der Waals surface area contributed by atoms with Crippen molar-refractivity contribution in [2.45, 2.75) is 64.7 Å². The Hall–Kier alpha value is -6.67. The quantitative estimate of drug-likeness (QED) is 0.118. The molecule has 2 atom stereocenters. The first-order chi connectivity index (χ1) is 33.1. The Bertz CT molecular complexity index is 3010. The van der Waals surface area contributed by atoms with E-state index in [1.54, 1.807) is 0 Å². The second kappa shape index (κ2) is 21.7. The third kappa shape index (κ3) is 10.4. The molecule has 0 saturated heterocycles. The maximum Gasteiger partial charge on any atom is 3.00 e. The van der Waals surface area contributed by atoms with E-state index >= 15 is 0 Å². The maximum absolute atomic E-state index is 12.4. The summed E-state index contributed by atoms with van der Waals surface area (Å²) in [6, 6.07) is 62.7. The molecule has 7 heteroatoms. The van der Waals surface area contributed by atoms with Crippen LogP contribution < -0.4 is 0 Å². The molecule has 1 aliphatic carbocycles. The number of rotatable bonds is 8. The average molecular weight is 943 g/mol. The van der Waals surface area contributed by atoms with E-state index in [0.717, 1.165) is 86.1 Å². The van der Waals surface area contributed by atoms with Gasteiger partial charge in [0.15, 0.2) is 0 Å². The number of hydrogen-bond donors (Lipinski definition) is 2. The Morgan fingerprint density at radius 2 is 0.783 bits per heavy atom. The third-order valence-electron chi connectivity index (χ3n) is 13.5. The molecule has 69 heavy (non-hydrogen) atoms. The molecule has 1 radical (unpaired) electrons. The van der Waals surface area contributed by atoms with Gasteiger partial charge in [-0.05, 0) is 88.3 Å². The van der Waals surface area contributed by atoms with Crippen LogP contribution in [0.25, 0.3) is 55.0 Å². The molecule has 8 aromatic carbocycles. The first-order valence-electron chi connectivity index (χ1n) is 23.8. The fourth-order valence-corrected chi connectivity index (χ4v) is 10.4. The molecule has 0 bridgehead atoms. The zero-order valence-electron chi connectivity index (χ0n) is 40.3. The molecule has 0 spiro atoms. The predicted molar refractivity (Wildman–Crippen MR) is 285 cm³/mol. The van der Waals surface area contributed by atoms with Crippen LogP contribution in [0.2, 0.25) is 0 Å². The second-order valence-corrected chi connectivity index (χ2v) is 18.6. The summed E-state index contributed by atoms with van der Waals surface area (Å²) in [5, 5.41) is 29.4. The van der Waals surface area contributed by atoms with Crippen molar-refractivity contribution in [3.63, 3.8) is 0 Å². The van der Waals surface area contributed by atoms with E-state index in [4.69, 9.17) is 0 Å². The van der Waals surface area contributed by atoms with Gasteiger partial charge in [0, 0.05) is 57.8 Å². The van der Waals surface area contributed by atoms with Gasteiger partial charge in [0.1, 0.15) is 11.5 Å². The molecular formula is C62H62N4O2Ti+. The maximum atomic E-state index is 12.4. The minimum Gasteiger partial charge on any atom is -0.505 e. The van der Waals surface area contributed by atoms with Crippen LogP contribution >= 0.6 is 0 Å². The van der Waals surface area contributed by atoms with Crippen LogP contribution in [0.1, 0.15) is 59.1 Å². The van der Waals surface area contributed by atoms with E-state index in [1.807, 2.05) is 60.7 Å². The molecule has 0 aliphatic heterocycles. The van der Waals surface area contributed by atoms with Crippen LogP contribution in [-0.4, -0.2) is 55.3 Å². The number of aryl methyl sites for hydroxylation is 2. The standard InChI is InChI=1S/C48H48N4O2.2C7H7.Ti/c1-31-25-33(47(53)45(27-31)51-39-19-9-5-15-35(39)36-16-6-10-20-40(36)51)29-50(44-24-14-13-23-43(44)49(3)4)30-34-26-32(2)28-46(48(34)54)52-41-21-11-7-17-37(41)38-18-8-12-22-42(38)52;2*1-7-5-3-2-4-6-7;/h5-12,15-22,25-28,43-44,53-54H,13-14,23-24,29-30H2,1-4H3;2*2-6H,1H2;/q;2*-1;+3. The van der Waals surface area contributed by atoms with Crippen molar-refractivity contribution in [2.75, 3.05) is 14.1 Å². The summed E-state index contributed by atoms with van der Waals surface area (Å²) in [5.74, 6) is 0.600. The smallest absolute Gasteiger partial charge is 0.505 e. The first kappa shape index (κ1) is 48.8. The summed E-state index contributed by atoms with van der Waals surface area (Å²) >= 11 is 0. The van der Waals surface area contributed by atoms with Crippen LogP contribution in [-0.2, 0) is 34.8 Å². The van der Waals surface area contributed by atoms with E-state index in [-0.39, 0.29) is 27.8 Å². The number of benzene rings is 8. The van der Waals surface area contributed by atoms with E-state index < -0.39 is 0 Å². The minimum absolute atomic E-state index is 0. The Labute approximate surface area is 423 Å². The molecular weight excluding hydrogens is 881 g/mol. The van der Waals surface area contributed by atoms with Crippen molar-refractivity contribution in [3.05, 3.63) is 229 Å². The molecule has 345 valence electrons. The average Bonchev–Trinajstić information content (AvgIpc) is 3.87. The zero-order valence-corrected chi connectivity index (χ0v) is 41.9. The number of likely N-dealkylation sites (N-methyl/N-ethyl adjacent to an activating group) is 1. The Morgan fingerprint density at radius 1 is 0.464 bits per heavy atom. The first-order valence-corrected chi connectivity index (χ1v) is 23.8. The number of para-hydroxylation sites is 4. The van der Waals surface area contributed by atoms with Gasteiger partial charge in [-0.25, -0.2) is 0 Å². The van der Waals surface area contributed by atoms with Crippen molar-refractivity contribution in [2.24, 2.45) is 0 Å². The number of nitrogens with zero attached hydrogens (tertiary/aromatic N) is 4. The van der Waals surface area contributed by atoms with Crippen LogP contribution in [0.3, 0.4) is 0 Å². The Balaban J connectivity index is 0.000000368. The SMILES string of the molecule is Cc1cc(CN(Cc2cc(C)cc(-n3c4ccccc4c4ccccc43)c2O)C2CCCCC2N(C)C)c(O)c(-n2c3ccccc3c3ccccc32)c1.[CH2-]c1ccccc1.[CH2-]c1ccccc1.[Ti+3]. The second-order valence-electron chi connectivity index (χ2n) is 18.6. The molecule has 10 aromatic rings. The summed E-state index contributed by atoms with van der Waals surface area (Å²) < 4.78 is 4.43. The summed E-state index contributed by atoms with van der Waals surface area (Å²) in [4.78, 5) is 4.90. The summed E-state index contributed by atoms with van der Waals surface area (Å²) in [7, 11) is 4.38. The van der Waals surface area contributed by atoms with Gasteiger partial charge in [-0.15, -0.1) is 24.3 Å². The van der Waals surface area contributed by atoms with Gasteiger partial charge >= 0.3 is 21.7 Å². The molecule has 0 amide bonds. The third-order valence-corrected chi connectivity index (χ3v) is 13.5. The zero-order chi connectivity index (χ0) is 47.3. The molecule has 11 rings (SSSR count). The Morgan fingerprint density at radius 3 is 1.10 bits per heavy atom. The summed E-state index contributed by atoms with van der Waals surface area (Å²) in [6.07, 6.45) is 4.53. The van der Waals surface area contributed by atoms with Gasteiger partial charge in [-0.2, -0.15) is 49.2 Å². The van der Waals surface area contributed by atoms with E-state index in [2.05, 4.69) is 182 Å². The van der Waals surface area contributed by atoms with Crippen LogP contribution in [0.15, 0.2) is 182 Å². The van der Waals surface area contributed by atoms with Crippen LogP contribution in [0, 0.1) is 27.7 Å². The van der Waals surface area contributed by atoms with E-state index in [9.17, 15) is 10.2 Å². The van der Waals surface area contributed by atoms with Gasteiger partial charge < -0.3 is 24.2 Å². The van der Waals surface area contributed by atoms with Gasteiger partial charge in [0.05, 0.1) is 33.4 Å². The summed E-state index contributed by atoms with van der Waals surface area (Å²) in [5.41, 5.74) is 12.0. The fourth-order valence-electron chi connectivity index (χ4n) is 10.4. The van der Waals surface area contributed by atoms with Crippen LogP contribution in [0.5, 0.6) is 11.5 Å². The topological polar surface area (TPSA) is 56.8 Å². The molecule has 1 saturated carbocycles. The van der Waals surface area contributed by atoms with Crippen molar-refractivity contribution < 1.29 is 31.9 Å². The van der Waals surface area contributed by atoms with Crippen molar-refractivity contribution in [3.8, 4) is 22.9 Å². The van der Waals surface area contributed by atoms with Gasteiger partial charge in [0.25, 0.3) is 0 Å². The monoisotopic (exact) mass is 942 g/mol. The largest absolute Gasteiger partial charge is 3.00 e. The van der Waals surface area contributed by atoms with Crippen molar-refractivity contribution >= 4 is 43.6 Å². The van der Waals surface area contributed by atoms with E-state index in [0.29, 0.717) is 30.6 Å². The molecule has 2 unspecified atom stereocenters. The van der Waals surface area contributed by atoms with Gasteiger partial charge in [-0.1, -0.05) is 110 Å². The van der Waals surface area contributed by atoms with E-state index in [1.165, 1.54) is 28.0 Å². The predicted octanol–water partition coefficient (Wildman–Crippen LogP) is 14.5. The van der Waals surface area contributed by atoms with Gasteiger partial charge in [0.2, 0.25) is 0 Å². The fraction of sp³-hybridized carbons (Fsp3) is 0.194. The number of aromatic hydroxyl groups is 2. The van der Waals surface area contributed by atoms with Gasteiger partial charge in [-0.3, -0.25) is 4.90 Å². The van der Waals surface area contributed by atoms with Crippen molar-refractivity contribution in [1.82, 2.24) is 18.9 Å². The molecule has 2 aromatic heterocycles. The molecule has 2 N–H and O–H groups in total.